The SMILES string of the molecule is CC(C)(C)OC(=O)NC1CC(COc2cc(N(C(=O)OC(C)(C)C)c3cc([C@H]4C[C@@H](F)[C@@H](OC(=O)Oc5ccc([N+](=O)[O-])cc5)C4)nn3C(C)(C)C)ccn2)C1. The summed E-state index contributed by atoms with van der Waals surface area (Å²) in [6.07, 6.45) is -1.93. The molecule has 0 unspecified atom stereocenters. The van der Waals surface area contributed by atoms with Crippen LogP contribution in [0.5, 0.6) is 11.6 Å². The normalized spacial score (nSPS) is 21.0. The Morgan fingerprint density at radius 3 is 2.21 bits per heavy atom. The third kappa shape index (κ3) is 11.1. The van der Waals surface area contributed by atoms with Gasteiger partial charge in [0.05, 0.1) is 28.5 Å². The molecule has 0 spiro atoms. The van der Waals surface area contributed by atoms with E-state index < -0.39 is 58.2 Å². The van der Waals surface area contributed by atoms with Crippen molar-refractivity contribution in [2.24, 2.45) is 5.92 Å². The maximum atomic E-state index is 15.4. The lowest BCUT2D eigenvalue weighted by molar-refractivity contribution is -0.384. The summed E-state index contributed by atoms with van der Waals surface area (Å²) in [6, 6.07) is 9.81. The van der Waals surface area contributed by atoms with Crippen molar-refractivity contribution in [2.45, 2.75) is 129 Å². The molecule has 3 aromatic rings. The number of aromatic nitrogens is 3. The number of nitrogens with one attached hydrogen (secondary N) is 1. The number of alkyl halides is 1. The van der Waals surface area contributed by atoms with Gasteiger partial charge in [0, 0.05) is 42.4 Å². The number of nitro benzene ring substituents is 1. The van der Waals surface area contributed by atoms with Gasteiger partial charge in [-0.1, -0.05) is 0 Å². The summed E-state index contributed by atoms with van der Waals surface area (Å²) < 4.78 is 44.8. The van der Waals surface area contributed by atoms with Crippen LogP contribution in [0.25, 0.3) is 0 Å². The molecule has 2 aliphatic carbocycles. The lowest BCUT2D eigenvalue weighted by Crippen LogP contribution is -2.47. The van der Waals surface area contributed by atoms with Crippen molar-refractivity contribution >= 4 is 35.5 Å². The van der Waals surface area contributed by atoms with Crippen LogP contribution in [0.3, 0.4) is 0 Å². The molecule has 56 heavy (non-hydrogen) atoms. The number of carbonyl (C=O) groups excluding carboxylic acids is 3. The van der Waals surface area contributed by atoms with Gasteiger partial charge in [0.25, 0.3) is 5.69 Å². The molecule has 2 aliphatic rings. The van der Waals surface area contributed by atoms with E-state index in [1.165, 1.54) is 35.4 Å². The van der Waals surface area contributed by atoms with Gasteiger partial charge in [-0.2, -0.15) is 5.10 Å². The largest absolute Gasteiger partial charge is 0.514 e. The van der Waals surface area contributed by atoms with Crippen LogP contribution in [0, 0.1) is 16.0 Å². The first kappa shape index (κ1) is 41.7. The number of anilines is 2. The zero-order valence-corrected chi connectivity index (χ0v) is 33.2. The second kappa shape index (κ2) is 16.3. The van der Waals surface area contributed by atoms with E-state index in [0.717, 1.165) is 0 Å². The number of ether oxygens (including phenoxy) is 5. The number of alkyl carbamates (subject to hydrolysis) is 1. The fourth-order valence-electron chi connectivity index (χ4n) is 6.36. The van der Waals surface area contributed by atoms with Gasteiger partial charge in [0.1, 0.15) is 35.0 Å². The van der Waals surface area contributed by atoms with Gasteiger partial charge in [0.2, 0.25) is 5.88 Å². The van der Waals surface area contributed by atoms with E-state index in [0.29, 0.717) is 36.6 Å². The molecule has 16 nitrogen and oxygen atoms in total. The minimum Gasteiger partial charge on any atom is -0.477 e. The highest BCUT2D eigenvalue weighted by atomic mass is 19.1. The zero-order chi connectivity index (χ0) is 41.2. The second-order valence-electron chi connectivity index (χ2n) is 17.1. The highest BCUT2D eigenvalue weighted by molar-refractivity contribution is 5.95. The molecule has 2 heterocycles. The van der Waals surface area contributed by atoms with Gasteiger partial charge >= 0.3 is 18.3 Å². The summed E-state index contributed by atoms with van der Waals surface area (Å²) in [7, 11) is 0. The molecule has 2 fully saturated rings. The molecule has 1 aromatic carbocycles. The molecular weight excluding hydrogens is 731 g/mol. The van der Waals surface area contributed by atoms with Crippen molar-refractivity contribution in [1.82, 2.24) is 20.1 Å². The maximum Gasteiger partial charge on any atom is 0.514 e. The van der Waals surface area contributed by atoms with Crippen LogP contribution in [-0.4, -0.2) is 74.2 Å². The van der Waals surface area contributed by atoms with E-state index >= 15 is 4.39 Å². The van der Waals surface area contributed by atoms with Crippen molar-refractivity contribution in [3.05, 3.63) is 64.5 Å². The molecule has 2 saturated carbocycles. The van der Waals surface area contributed by atoms with E-state index in [2.05, 4.69) is 10.3 Å². The Morgan fingerprint density at radius 2 is 1.61 bits per heavy atom. The molecule has 1 N–H and O–H groups in total. The first-order valence-electron chi connectivity index (χ1n) is 18.5. The van der Waals surface area contributed by atoms with E-state index in [1.807, 2.05) is 41.5 Å². The summed E-state index contributed by atoms with van der Waals surface area (Å²) in [6.45, 7) is 16.8. The van der Waals surface area contributed by atoms with Gasteiger partial charge < -0.3 is 29.0 Å². The summed E-state index contributed by atoms with van der Waals surface area (Å²) in [5, 5.41) is 18.7. The van der Waals surface area contributed by atoms with Crippen LogP contribution >= 0.6 is 0 Å². The number of nitrogens with zero attached hydrogens (tertiary/aromatic N) is 5. The van der Waals surface area contributed by atoms with Crippen molar-refractivity contribution in [1.29, 1.82) is 0 Å². The topological polar surface area (TPSA) is 186 Å². The average Bonchev–Trinajstić information content (AvgIpc) is 3.65. The first-order chi connectivity index (χ1) is 26.0. The van der Waals surface area contributed by atoms with Crippen molar-refractivity contribution in [3.63, 3.8) is 0 Å². The number of non-ortho nitro benzene ring substituents is 1. The maximum absolute atomic E-state index is 15.4. The van der Waals surface area contributed by atoms with Crippen molar-refractivity contribution in [2.75, 3.05) is 11.5 Å². The van der Waals surface area contributed by atoms with Crippen molar-refractivity contribution in [3.8, 4) is 11.6 Å². The van der Waals surface area contributed by atoms with Crippen LogP contribution in [0.1, 0.15) is 99.6 Å². The third-order valence-corrected chi connectivity index (χ3v) is 8.89. The Hall–Kier alpha value is -5.48. The van der Waals surface area contributed by atoms with Crippen LogP contribution in [0.4, 0.5) is 36.0 Å². The predicted molar refractivity (Wildman–Crippen MR) is 202 cm³/mol. The van der Waals surface area contributed by atoms with Gasteiger partial charge in [-0.05, 0) is 112 Å². The van der Waals surface area contributed by atoms with E-state index in [4.69, 9.17) is 28.8 Å². The number of halogens is 1. The zero-order valence-electron chi connectivity index (χ0n) is 33.2. The van der Waals surface area contributed by atoms with Crippen molar-refractivity contribution < 1.29 is 47.4 Å². The molecule has 5 rings (SSSR count). The fraction of sp³-hybridized carbons (Fsp3) is 0.564. The third-order valence-electron chi connectivity index (χ3n) is 8.89. The summed E-state index contributed by atoms with van der Waals surface area (Å²) in [4.78, 5) is 54.8. The molecule has 0 radical (unpaired) electrons. The van der Waals surface area contributed by atoms with Crippen LogP contribution in [-0.2, 0) is 19.7 Å². The number of carbonyl (C=O) groups is 3. The molecule has 2 aromatic heterocycles. The Labute approximate surface area is 325 Å². The molecule has 0 saturated heterocycles. The molecule has 0 aliphatic heterocycles. The number of nitro groups is 1. The molecule has 3 atom stereocenters. The summed E-state index contributed by atoms with van der Waals surface area (Å²) in [5.74, 6) is 0.326. The lowest BCUT2D eigenvalue weighted by Gasteiger charge is -2.35. The van der Waals surface area contributed by atoms with Crippen LogP contribution in [0.15, 0.2) is 48.7 Å². The van der Waals surface area contributed by atoms with E-state index in [-0.39, 0.29) is 42.1 Å². The van der Waals surface area contributed by atoms with E-state index in [9.17, 15) is 24.5 Å². The number of hydrogen-bond acceptors (Lipinski definition) is 12. The molecular formula is C39H51FN6O10. The average molecular weight is 783 g/mol. The number of rotatable bonds is 10. The number of hydrogen-bond donors (Lipinski definition) is 1. The quantitative estimate of drug-likeness (QED) is 0.0680. The lowest BCUT2D eigenvalue weighted by atomic mass is 9.81. The second-order valence-corrected chi connectivity index (χ2v) is 17.1. The van der Waals surface area contributed by atoms with Gasteiger partial charge in [-0.15, -0.1) is 0 Å². The van der Waals surface area contributed by atoms with Crippen LogP contribution in [0.2, 0.25) is 0 Å². The summed E-state index contributed by atoms with van der Waals surface area (Å²) >= 11 is 0. The van der Waals surface area contributed by atoms with Gasteiger partial charge in [0.15, 0.2) is 0 Å². The number of pyridine rings is 1. The van der Waals surface area contributed by atoms with Gasteiger partial charge in [-0.3, -0.25) is 10.1 Å². The standard InChI is InChI=1S/C39H51FN6O10/c1-37(2,3)45-33(21-30(43-45)24-18-29(40)31(19-24)54-36(49)53-28-12-10-26(11-13-28)46(50)51)44(35(48)56-39(7,8)9)27-14-15-41-32(20-27)52-22-23-16-25(17-23)42-34(47)55-38(4,5)6/h10-15,20-21,23-25,29,31H,16-19,22H2,1-9H3,(H,42,47)/t23?,24-,25?,29+,31-/m0/s1. The monoisotopic (exact) mass is 782 g/mol. The van der Waals surface area contributed by atoms with Gasteiger partial charge in [-0.25, -0.2) is 33.3 Å². The highest BCUT2D eigenvalue weighted by Crippen LogP contribution is 2.41. The minimum absolute atomic E-state index is 0.00885. The number of amides is 2. The highest BCUT2D eigenvalue weighted by Gasteiger charge is 2.41. The number of benzene rings is 1. The minimum atomic E-state index is -1.53. The molecule has 0 bridgehead atoms. The van der Waals surface area contributed by atoms with E-state index in [1.54, 1.807) is 43.7 Å². The molecule has 17 heteroatoms. The Bertz CT molecular complexity index is 1890. The van der Waals surface area contributed by atoms with Crippen LogP contribution < -0.4 is 19.7 Å². The molecule has 2 amide bonds. The first-order valence-corrected chi connectivity index (χ1v) is 18.5. The molecule has 304 valence electrons. The predicted octanol–water partition coefficient (Wildman–Crippen LogP) is 8.50. The Morgan fingerprint density at radius 1 is 0.946 bits per heavy atom. The fourth-order valence-corrected chi connectivity index (χ4v) is 6.36. The smallest absolute Gasteiger partial charge is 0.477 e. The summed E-state index contributed by atoms with van der Waals surface area (Å²) in [5.41, 5.74) is -1.41. The Kier molecular flexibility index (Phi) is 12.1. The Balaban J connectivity index is 1.32.